The maximum atomic E-state index is 14.1. The first-order valence-electron chi connectivity index (χ1n) is 7.23. The number of carbonyl (C=O) groups is 1. The van der Waals surface area contributed by atoms with Crippen molar-refractivity contribution in [1.82, 2.24) is 10.3 Å². The topological polar surface area (TPSA) is 51.2 Å². The Morgan fingerprint density at radius 1 is 1.35 bits per heavy atom. The number of benzene rings is 1. The number of aromatic nitrogens is 1. The Balaban J connectivity index is 1.93. The van der Waals surface area contributed by atoms with Crippen LogP contribution >= 0.6 is 11.3 Å². The molecule has 0 aliphatic carbocycles. The van der Waals surface area contributed by atoms with Gasteiger partial charge >= 0.3 is 0 Å². The molecule has 1 aromatic carbocycles. The number of amides is 1. The molecule has 1 N–H and O–H groups in total. The van der Waals surface area contributed by atoms with Gasteiger partial charge in [0.2, 0.25) is 0 Å². The van der Waals surface area contributed by atoms with E-state index in [1.165, 1.54) is 29.5 Å². The molecule has 4 nitrogen and oxygen atoms in total. The van der Waals surface area contributed by atoms with Crippen LogP contribution in [0.5, 0.6) is 0 Å². The van der Waals surface area contributed by atoms with Gasteiger partial charge in [-0.2, -0.15) is 0 Å². The van der Waals surface area contributed by atoms with Crippen molar-refractivity contribution < 1.29 is 18.3 Å². The summed E-state index contributed by atoms with van der Waals surface area (Å²) in [6.45, 7) is 3.94. The van der Waals surface area contributed by atoms with Crippen molar-refractivity contribution >= 4 is 17.2 Å². The second-order valence-corrected chi connectivity index (χ2v) is 6.70. The zero-order valence-electron chi connectivity index (χ0n) is 12.7. The van der Waals surface area contributed by atoms with E-state index >= 15 is 0 Å². The van der Waals surface area contributed by atoms with E-state index in [4.69, 9.17) is 4.74 Å². The Morgan fingerprint density at radius 2 is 2.00 bits per heavy atom. The lowest BCUT2D eigenvalue weighted by Crippen LogP contribution is -2.60. The van der Waals surface area contributed by atoms with Crippen LogP contribution in [-0.4, -0.2) is 24.1 Å². The van der Waals surface area contributed by atoms with Crippen molar-refractivity contribution in [2.24, 2.45) is 0 Å². The molecule has 1 aromatic heterocycles. The summed E-state index contributed by atoms with van der Waals surface area (Å²) in [7, 11) is 0. The summed E-state index contributed by atoms with van der Waals surface area (Å²) >= 11 is 1.21. The van der Waals surface area contributed by atoms with Crippen LogP contribution in [0.4, 0.5) is 8.78 Å². The molecule has 1 fully saturated rings. The molecule has 3 rings (SSSR count). The highest BCUT2D eigenvalue weighted by molar-refractivity contribution is 7.11. The molecule has 7 heteroatoms. The Kier molecular flexibility index (Phi) is 4.16. The SMILES string of the molecule is CC(C)c1ncsc1C(=O)NC1(c2c(F)cccc2F)COC1. The minimum absolute atomic E-state index is 0.0341. The van der Waals surface area contributed by atoms with E-state index < -0.39 is 17.2 Å². The van der Waals surface area contributed by atoms with Gasteiger partial charge in [0.1, 0.15) is 22.1 Å². The largest absolute Gasteiger partial charge is 0.376 e. The van der Waals surface area contributed by atoms with Gasteiger partial charge in [-0.3, -0.25) is 4.79 Å². The van der Waals surface area contributed by atoms with Crippen molar-refractivity contribution in [1.29, 1.82) is 0 Å². The first kappa shape index (κ1) is 16.0. The fourth-order valence-corrected chi connectivity index (χ4v) is 3.49. The van der Waals surface area contributed by atoms with E-state index in [1.54, 1.807) is 5.51 Å². The van der Waals surface area contributed by atoms with Crippen molar-refractivity contribution in [3.05, 3.63) is 51.5 Å². The zero-order valence-corrected chi connectivity index (χ0v) is 13.5. The summed E-state index contributed by atoms with van der Waals surface area (Å²) < 4.78 is 33.4. The first-order valence-corrected chi connectivity index (χ1v) is 8.11. The number of carbonyl (C=O) groups excluding carboxylic acids is 1. The van der Waals surface area contributed by atoms with Gasteiger partial charge < -0.3 is 10.1 Å². The van der Waals surface area contributed by atoms with Gasteiger partial charge in [-0.25, -0.2) is 13.8 Å². The maximum absolute atomic E-state index is 14.1. The van der Waals surface area contributed by atoms with Gasteiger partial charge in [0, 0.05) is 0 Å². The van der Waals surface area contributed by atoms with Crippen LogP contribution in [-0.2, 0) is 10.3 Å². The lowest BCUT2D eigenvalue weighted by molar-refractivity contribution is -0.0765. The first-order chi connectivity index (χ1) is 10.9. The highest BCUT2D eigenvalue weighted by Gasteiger charge is 2.46. The van der Waals surface area contributed by atoms with Gasteiger partial charge in [-0.15, -0.1) is 11.3 Å². The van der Waals surface area contributed by atoms with Gasteiger partial charge in [-0.1, -0.05) is 19.9 Å². The number of ether oxygens (including phenoxy) is 1. The summed E-state index contributed by atoms with van der Waals surface area (Å²) in [6, 6.07) is 3.65. The van der Waals surface area contributed by atoms with E-state index in [0.29, 0.717) is 10.6 Å². The van der Waals surface area contributed by atoms with Crippen LogP contribution in [0.3, 0.4) is 0 Å². The summed E-state index contributed by atoms with van der Waals surface area (Å²) in [5.41, 5.74) is 0.940. The monoisotopic (exact) mass is 338 g/mol. The van der Waals surface area contributed by atoms with Crippen LogP contribution < -0.4 is 5.32 Å². The summed E-state index contributed by atoms with van der Waals surface area (Å²) in [5, 5.41) is 2.75. The number of nitrogens with zero attached hydrogens (tertiary/aromatic N) is 1. The predicted molar refractivity (Wildman–Crippen MR) is 82.5 cm³/mol. The lowest BCUT2D eigenvalue weighted by atomic mass is 9.86. The van der Waals surface area contributed by atoms with Gasteiger partial charge in [0.15, 0.2) is 0 Å². The molecule has 1 saturated heterocycles. The zero-order chi connectivity index (χ0) is 16.6. The molecular weight excluding hydrogens is 322 g/mol. The Hall–Kier alpha value is -1.86. The fourth-order valence-electron chi connectivity index (χ4n) is 2.65. The summed E-state index contributed by atoms with van der Waals surface area (Å²) in [4.78, 5) is 17.3. The van der Waals surface area contributed by atoms with E-state index in [1.807, 2.05) is 13.8 Å². The molecule has 0 unspecified atom stereocenters. The quantitative estimate of drug-likeness (QED) is 0.931. The van der Waals surface area contributed by atoms with Crippen LogP contribution in [0.25, 0.3) is 0 Å². The van der Waals surface area contributed by atoms with E-state index in [9.17, 15) is 13.6 Å². The molecular formula is C16H16F2N2O2S. The van der Waals surface area contributed by atoms with Crippen LogP contribution in [0.2, 0.25) is 0 Å². The molecule has 0 bridgehead atoms. The number of thiazole rings is 1. The molecule has 0 spiro atoms. The predicted octanol–water partition coefficient (Wildman–Crippen LogP) is 3.20. The number of nitrogens with one attached hydrogen (secondary N) is 1. The van der Waals surface area contributed by atoms with Gasteiger partial charge in [0.25, 0.3) is 5.91 Å². The Bertz CT molecular complexity index is 721. The smallest absolute Gasteiger partial charge is 0.264 e. The molecule has 1 aliphatic rings. The maximum Gasteiger partial charge on any atom is 0.264 e. The summed E-state index contributed by atoms with van der Waals surface area (Å²) in [6.07, 6.45) is 0. The second kappa shape index (κ2) is 5.98. The second-order valence-electron chi connectivity index (χ2n) is 5.85. The fraction of sp³-hybridized carbons (Fsp3) is 0.375. The van der Waals surface area contributed by atoms with E-state index in [-0.39, 0.29) is 30.6 Å². The third kappa shape index (κ3) is 2.74. The molecule has 0 radical (unpaired) electrons. The normalized spacial score (nSPS) is 16.2. The molecule has 1 aliphatic heterocycles. The van der Waals surface area contributed by atoms with Crippen molar-refractivity contribution in [3.8, 4) is 0 Å². The number of halogens is 2. The lowest BCUT2D eigenvalue weighted by Gasteiger charge is -2.42. The minimum Gasteiger partial charge on any atom is -0.376 e. The average molecular weight is 338 g/mol. The highest BCUT2D eigenvalue weighted by atomic mass is 32.1. The number of hydrogen-bond donors (Lipinski definition) is 1. The molecule has 1 amide bonds. The van der Waals surface area contributed by atoms with Crippen LogP contribution in [0.1, 0.15) is 40.7 Å². The molecule has 122 valence electrons. The van der Waals surface area contributed by atoms with Gasteiger partial charge in [-0.05, 0) is 18.1 Å². The number of hydrogen-bond acceptors (Lipinski definition) is 4. The molecule has 0 atom stereocenters. The third-order valence-electron chi connectivity index (χ3n) is 3.84. The Morgan fingerprint density at radius 3 is 2.52 bits per heavy atom. The Labute approximate surface area is 136 Å². The standard InChI is InChI=1S/C16H16F2N2O2S/c1-9(2)13-14(23-8-19-13)15(21)20-16(6-22-7-16)12-10(17)4-3-5-11(12)18/h3-5,8-9H,6-7H2,1-2H3,(H,20,21). The third-order valence-corrected chi connectivity index (χ3v) is 4.68. The van der Waals surface area contributed by atoms with Crippen molar-refractivity contribution in [2.75, 3.05) is 13.2 Å². The van der Waals surface area contributed by atoms with E-state index in [2.05, 4.69) is 10.3 Å². The number of rotatable bonds is 4. The van der Waals surface area contributed by atoms with Crippen molar-refractivity contribution in [2.45, 2.75) is 25.3 Å². The molecule has 2 heterocycles. The minimum atomic E-state index is -1.18. The molecule has 2 aromatic rings. The van der Waals surface area contributed by atoms with Crippen molar-refractivity contribution in [3.63, 3.8) is 0 Å². The van der Waals surface area contributed by atoms with Crippen LogP contribution in [0.15, 0.2) is 23.7 Å². The molecule has 0 saturated carbocycles. The van der Waals surface area contributed by atoms with Gasteiger partial charge in [0.05, 0.1) is 30.0 Å². The van der Waals surface area contributed by atoms with Crippen LogP contribution in [0, 0.1) is 11.6 Å². The van der Waals surface area contributed by atoms with E-state index in [0.717, 1.165) is 0 Å². The molecule has 23 heavy (non-hydrogen) atoms. The summed E-state index contributed by atoms with van der Waals surface area (Å²) in [5.74, 6) is -1.69. The highest BCUT2D eigenvalue weighted by Crippen LogP contribution is 2.34. The average Bonchev–Trinajstić information content (AvgIpc) is 2.93.